The number of para-hydroxylation sites is 1. The lowest BCUT2D eigenvalue weighted by Crippen LogP contribution is -2.28. The molecule has 1 saturated heterocycles. The number of halogens is 3. The quantitative estimate of drug-likeness (QED) is 0.197. The van der Waals surface area contributed by atoms with Gasteiger partial charge in [0.1, 0.15) is 5.82 Å². The van der Waals surface area contributed by atoms with Gasteiger partial charge >= 0.3 is 0 Å². The first-order chi connectivity index (χ1) is 19.0. The molecule has 1 amide bonds. The van der Waals surface area contributed by atoms with Crippen LogP contribution in [0.2, 0.25) is 10.0 Å². The molecule has 4 nitrogen and oxygen atoms in total. The Labute approximate surface area is 239 Å². The van der Waals surface area contributed by atoms with Gasteiger partial charge in [0.15, 0.2) is 5.17 Å². The fourth-order valence-corrected chi connectivity index (χ4v) is 5.71. The Kier molecular flexibility index (Phi) is 7.00. The highest BCUT2D eigenvalue weighted by Crippen LogP contribution is 2.39. The highest BCUT2D eigenvalue weighted by atomic mass is 35.5. The Balaban J connectivity index is 1.42. The maximum absolute atomic E-state index is 14.4. The third-order valence-electron chi connectivity index (χ3n) is 6.35. The Morgan fingerprint density at radius 2 is 1.51 bits per heavy atom. The summed E-state index contributed by atoms with van der Waals surface area (Å²) >= 11 is 13.5. The van der Waals surface area contributed by atoms with E-state index in [1.54, 1.807) is 65.6 Å². The summed E-state index contributed by atoms with van der Waals surface area (Å²) in [5.74, 6) is -0.445. The molecule has 1 aromatic heterocycles. The number of carbonyl (C=O) groups excluding carboxylic acids is 1. The van der Waals surface area contributed by atoms with Crippen LogP contribution in [0.3, 0.4) is 0 Å². The minimum Gasteiger partial charge on any atom is -0.342 e. The van der Waals surface area contributed by atoms with Crippen molar-refractivity contribution >= 4 is 74.4 Å². The van der Waals surface area contributed by atoms with Gasteiger partial charge in [0, 0.05) is 38.3 Å². The zero-order valence-corrected chi connectivity index (χ0v) is 22.7. The second kappa shape index (κ2) is 10.7. The van der Waals surface area contributed by atoms with E-state index < -0.39 is 0 Å². The number of amidine groups is 1. The van der Waals surface area contributed by atoms with E-state index >= 15 is 0 Å². The smallest absolute Gasteiger partial charge is 0.271 e. The number of fused-ring (bicyclic) bond motifs is 1. The van der Waals surface area contributed by atoms with Crippen LogP contribution in [0.1, 0.15) is 11.1 Å². The average molecular weight is 572 g/mol. The maximum Gasteiger partial charge on any atom is 0.271 e. The molecule has 1 fully saturated rings. The Hall–Kier alpha value is -3.84. The minimum atomic E-state index is -0.252. The van der Waals surface area contributed by atoms with Gasteiger partial charge in [0.2, 0.25) is 0 Å². The molecule has 8 heteroatoms. The molecule has 1 aliphatic heterocycles. The summed E-state index contributed by atoms with van der Waals surface area (Å²) < 4.78 is 16.4. The molecule has 0 bridgehead atoms. The fourth-order valence-electron chi connectivity index (χ4n) is 4.47. The molecule has 0 spiro atoms. The van der Waals surface area contributed by atoms with Gasteiger partial charge in [-0.25, -0.2) is 9.38 Å². The number of anilines is 1. The molecule has 0 atom stereocenters. The summed E-state index contributed by atoms with van der Waals surface area (Å²) in [6.45, 7) is 0.373. The zero-order valence-electron chi connectivity index (χ0n) is 20.4. The maximum atomic E-state index is 14.4. The minimum absolute atomic E-state index is 0.194. The highest BCUT2D eigenvalue weighted by Gasteiger charge is 2.35. The summed E-state index contributed by atoms with van der Waals surface area (Å²) in [6.07, 6.45) is 3.83. The van der Waals surface area contributed by atoms with Crippen molar-refractivity contribution in [3.63, 3.8) is 0 Å². The molecule has 6 rings (SSSR count). The van der Waals surface area contributed by atoms with Crippen LogP contribution in [-0.4, -0.2) is 15.6 Å². The molecular formula is C31H20Cl2FN3OS. The van der Waals surface area contributed by atoms with Gasteiger partial charge in [0.05, 0.1) is 22.8 Å². The first-order valence-corrected chi connectivity index (χ1v) is 13.7. The molecule has 0 saturated carbocycles. The van der Waals surface area contributed by atoms with Crippen molar-refractivity contribution in [2.75, 3.05) is 4.90 Å². The van der Waals surface area contributed by atoms with E-state index in [1.165, 1.54) is 17.8 Å². The van der Waals surface area contributed by atoms with Gasteiger partial charge < -0.3 is 4.57 Å². The standard InChI is InChI=1S/C31H20Cl2FN3OS/c32-22-9-13-24(14-10-22)35-31-37(25-15-11-23(33)12-16-25)30(38)29(39-31)17-21-19-36(28-8-4-2-6-26(21)28)18-20-5-1-3-7-27(20)34/h1-17,19H,18H2/b29-17-,35-31?. The molecule has 39 heavy (non-hydrogen) atoms. The lowest BCUT2D eigenvalue weighted by atomic mass is 10.1. The summed E-state index contributed by atoms with van der Waals surface area (Å²) in [6, 6.07) is 28.9. The van der Waals surface area contributed by atoms with Crippen LogP contribution in [-0.2, 0) is 11.3 Å². The highest BCUT2D eigenvalue weighted by molar-refractivity contribution is 8.19. The summed E-state index contributed by atoms with van der Waals surface area (Å²) in [5.41, 5.74) is 3.75. The van der Waals surface area contributed by atoms with Crippen LogP contribution >= 0.6 is 35.0 Å². The molecule has 0 aliphatic carbocycles. The van der Waals surface area contributed by atoms with E-state index in [1.807, 2.05) is 47.2 Å². The van der Waals surface area contributed by atoms with E-state index in [-0.39, 0.29) is 11.7 Å². The van der Waals surface area contributed by atoms with Crippen molar-refractivity contribution in [1.29, 1.82) is 0 Å². The van der Waals surface area contributed by atoms with Crippen LogP contribution < -0.4 is 4.90 Å². The zero-order chi connectivity index (χ0) is 26.9. The SMILES string of the molecule is O=C1/C(=C/c2cn(Cc3ccccc3F)c3ccccc23)SC(=Nc2ccc(Cl)cc2)N1c1ccc(Cl)cc1. The number of aliphatic imine (C=N–C) groups is 1. The normalized spacial score (nSPS) is 15.7. The number of rotatable bonds is 5. The number of amides is 1. The first-order valence-electron chi connectivity index (χ1n) is 12.1. The molecular weight excluding hydrogens is 552 g/mol. The second-order valence-corrected chi connectivity index (χ2v) is 10.8. The Bertz CT molecular complexity index is 1760. The van der Waals surface area contributed by atoms with Crippen LogP contribution in [0.4, 0.5) is 15.8 Å². The predicted octanol–water partition coefficient (Wildman–Crippen LogP) is 8.94. The van der Waals surface area contributed by atoms with Crippen molar-refractivity contribution in [2.45, 2.75) is 6.54 Å². The van der Waals surface area contributed by atoms with Crippen molar-refractivity contribution < 1.29 is 9.18 Å². The predicted molar refractivity (Wildman–Crippen MR) is 160 cm³/mol. The number of carbonyl (C=O) groups is 1. The molecule has 4 aromatic carbocycles. The van der Waals surface area contributed by atoms with E-state index in [0.717, 1.165) is 16.5 Å². The molecule has 0 radical (unpaired) electrons. The van der Waals surface area contributed by atoms with E-state index in [4.69, 9.17) is 28.2 Å². The average Bonchev–Trinajstić information content (AvgIpc) is 3.44. The van der Waals surface area contributed by atoms with Crippen molar-refractivity contribution in [3.8, 4) is 0 Å². The summed E-state index contributed by atoms with van der Waals surface area (Å²) in [7, 11) is 0. The van der Waals surface area contributed by atoms with Gasteiger partial charge in [-0.1, -0.05) is 59.6 Å². The number of nitrogens with zero attached hydrogens (tertiary/aromatic N) is 3. The molecule has 1 aliphatic rings. The monoisotopic (exact) mass is 571 g/mol. The lowest BCUT2D eigenvalue weighted by Gasteiger charge is -2.15. The molecule has 192 valence electrons. The lowest BCUT2D eigenvalue weighted by molar-refractivity contribution is -0.113. The molecule has 2 heterocycles. The number of hydrogen-bond donors (Lipinski definition) is 0. The number of hydrogen-bond acceptors (Lipinski definition) is 3. The summed E-state index contributed by atoms with van der Waals surface area (Å²) in [5, 5.41) is 2.67. The van der Waals surface area contributed by atoms with E-state index in [0.29, 0.717) is 43.6 Å². The second-order valence-electron chi connectivity index (χ2n) is 8.92. The number of aromatic nitrogens is 1. The van der Waals surface area contributed by atoms with Gasteiger partial charge in [-0.3, -0.25) is 9.69 Å². The molecule has 0 N–H and O–H groups in total. The van der Waals surface area contributed by atoms with Gasteiger partial charge in [-0.15, -0.1) is 0 Å². The van der Waals surface area contributed by atoms with Crippen molar-refractivity contribution in [2.24, 2.45) is 4.99 Å². The number of benzene rings is 4. The third-order valence-corrected chi connectivity index (χ3v) is 7.82. The third kappa shape index (κ3) is 5.23. The van der Waals surface area contributed by atoms with Gasteiger partial charge in [0.25, 0.3) is 5.91 Å². The summed E-state index contributed by atoms with van der Waals surface area (Å²) in [4.78, 5) is 20.6. The molecule has 0 unspecified atom stereocenters. The van der Waals surface area contributed by atoms with Crippen LogP contribution in [0.5, 0.6) is 0 Å². The van der Waals surface area contributed by atoms with E-state index in [9.17, 15) is 9.18 Å². The van der Waals surface area contributed by atoms with Crippen molar-refractivity contribution in [3.05, 3.63) is 135 Å². The van der Waals surface area contributed by atoms with Crippen LogP contribution in [0.15, 0.2) is 113 Å². The largest absolute Gasteiger partial charge is 0.342 e. The van der Waals surface area contributed by atoms with Gasteiger partial charge in [-0.2, -0.15) is 0 Å². The van der Waals surface area contributed by atoms with E-state index in [2.05, 4.69) is 0 Å². The topological polar surface area (TPSA) is 37.6 Å². The Morgan fingerprint density at radius 1 is 0.846 bits per heavy atom. The molecule has 5 aromatic rings. The number of thioether (sulfide) groups is 1. The van der Waals surface area contributed by atoms with Gasteiger partial charge in [-0.05, 0) is 78.5 Å². The van der Waals surface area contributed by atoms with Crippen LogP contribution in [0, 0.1) is 5.82 Å². The Morgan fingerprint density at radius 3 is 2.26 bits per heavy atom. The first kappa shape index (κ1) is 25.4. The fraction of sp³-hybridized carbons (Fsp3) is 0.0323. The van der Waals surface area contributed by atoms with Crippen molar-refractivity contribution in [1.82, 2.24) is 4.57 Å². The van der Waals surface area contributed by atoms with Crippen LogP contribution in [0.25, 0.3) is 17.0 Å².